The van der Waals surface area contributed by atoms with E-state index >= 15 is 0 Å². The Morgan fingerprint density at radius 2 is 1.90 bits per heavy atom. The van der Waals surface area contributed by atoms with E-state index in [0.717, 1.165) is 5.56 Å². The van der Waals surface area contributed by atoms with Crippen molar-refractivity contribution in [1.29, 1.82) is 0 Å². The summed E-state index contributed by atoms with van der Waals surface area (Å²) in [6.45, 7) is 0. The molecular weight excluding hydrogens is 252 g/mol. The van der Waals surface area contributed by atoms with Crippen molar-refractivity contribution in [2.45, 2.75) is 0 Å². The molecule has 0 fully saturated rings. The van der Waals surface area contributed by atoms with Crippen LogP contribution in [0.4, 0.5) is 0 Å². The standard InChI is InChI=1S/C16H12N2O2/c19-16(15-7-4-12-20-15)18-11-10-14(17-18)9-8-13-5-2-1-3-6-13/h1-12H/b9-8+. The van der Waals surface area contributed by atoms with Gasteiger partial charge in [-0.15, -0.1) is 0 Å². The molecule has 98 valence electrons. The molecule has 0 unspecified atom stereocenters. The quantitative estimate of drug-likeness (QED) is 0.729. The lowest BCUT2D eigenvalue weighted by Gasteiger charge is -1.95. The van der Waals surface area contributed by atoms with E-state index < -0.39 is 0 Å². The number of furan rings is 1. The smallest absolute Gasteiger partial charge is 0.313 e. The number of benzene rings is 1. The second-order valence-corrected chi connectivity index (χ2v) is 4.21. The van der Waals surface area contributed by atoms with Gasteiger partial charge in [0.1, 0.15) is 0 Å². The van der Waals surface area contributed by atoms with Crippen LogP contribution in [0.3, 0.4) is 0 Å². The number of carbonyl (C=O) groups excluding carboxylic acids is 1. The minimum Gasteiger partial charge on any atom is -0.459 e. The van der Waals surface area contributed by atoms with Crippen molar-refractivity contribution in [2.24, 2.45) is 0 Å². The van der Waals surface area contributed by atoms with Gasteiger partial charge in [-0.25, -0.2) is 4.68 Å². The van der Waals surface area contributed by atoms with Gasteiger partial charge in [-0.1, -0.05) is 36.4 Å². The molecule has 0 spiro atoms. The molecule has 0 radical (unpaired) electrons. The first-order valence-electron chi connectivity index (χ1n) is 6.20. The molecule has 0 atom stereocenters. The van der Waals surface area contributed by atoms with Crippen LogP contribution in [0.1, 0.15) is 21.8 Å². The SMILES string of the molecule is O=C(c1ccco1)n1ccc(/C=C/c2ccccc2)n1. The van der Waals surface area contributed by atoms with Crippen LogP contribution in [0.25, 0.3) is 12.2 Å². The van der Waals surface area contributed by atoms with Crippen molar-refractivity contribution in [3.05, 3.63) is 78.0 Å². The minimum atomic E-state index is -0.283. The third-order valence-electron chi connectivity index (χ3n) is 2.80. The highest BCUT2D eigenvalue weighted by Gasteiger charge is 2.11. The Bertz CT molecular complexity index is 725. The van der Waals surface area contributed by atoms with Gasteiger partial charge in [-0.3, -0.25) is 4.79 Å². The Morgan fingerprint density at radius 1 is 1.05 bits per heavy atom. The van der Waals surface area contributed by atoms with E-state index in [1.165, 1.54) is 10.9 Å². The number of aromatic nitrogens is 2. The second-order valence-electron chi connectivity index (χ2n) is 4.21. The molecule has 2 heterocycles. The Morgan fingerprint density at radius 3 is 2.65 bits per heavy atom. The van der Waals surface area contributed by atoms with Gasteiger partial charge in [-0.2, -0.15) is 5.10 Å². The summed E-state index contributed by atoms with van der Waals surface area (Å²) >= 11 is 0. The van der Waals surface area contributed by atoms with Gasteiger partial charge >= 0.3 is 5.91 Å². The van der Waals surface area contributed by atoms with Gasteiger partial charge in [0.25, 0.3) is 0 Å². The predicted octanol–water partition coefficient (Wildman–Crippen LogP) is 3.34. The van der Waals surface area contributed by atoms with Crippen LogP contribution in [0.15, 0.2) is 65.4 Å². The van der Waals surface area contributed by atoms with E-state index in [2.05, 4.69) is 5.10 Å². The molecule has 0 aliphatic heterocycles. The van der Waals surface area contributed by atoms with E-state index in [1.54, 1.807) is 24.4 Å². The fourth-order valence-corrected chi connectivity index (χ4v) is 1.80. The summed E-state index contributed by atoms with van der Waals surface area (Å²) in [5.41, 5.74) is 1.80. The van der Waals surface area contributed by atoms with Gasteiger partial charge in [0.15, 0.2) is 5.76 Å². The first-order valence-corrected chi connectivity index (χ1v) is 6.20. The monoisotopic (exact) mass is 264 g/mol. The van der Waals surface area contributed by atoms with Gasteiger partial charge < -0.3 is 4.42 Å². The topological polar surface area (TPSA) is 48.0 Å². The van der Waals surface area contributed by atoms with Crippen LogP contribution < -0.4 is 0 Å². The van der Waals surface area contributed by atoms with Crippen molar-refractivity contribution in [1.82, 2.24) is 9.78 Å². The fraction of sp³-hybridized carbons (Fsp3) is 0. The zero-order chi connectivity index (χ0) is 13.8. The molecule has 0 saturated heterocycles. The molecule has 0 amide bonds. The van der Waals surface area contributed by atoms with Gasteiger partial charge in [0.2, 0.25) is 0 Å². The van der Waals surface area contributed by atoms with Crippen LogP contribution in [0.5, 0.6) is 0 Å². The first kappa shape index (κ1) is 12.2. The lowest BCUT2D eigenvalue weighted by molar-refractivity contribution is 0.0917. The third kappa shape index (κ3) is 2.59. The van der Waals surface area contributed by atoms with Crippen LogP contribution >= 0.6 is 0 Å². The predicted molar refractivity (Wildman–Crippen MR) is 76.0 cm³/mol. The van der Waals surface area contributed by atoms with Crippen molar-refractivity contribution in [3.8, 4) is 0 Å². The van der Waals surface area contributed by atoms with E-state index in [-0.39, 0.29) is 11.7 Å². The molecule has 2 aromatic heterocycles. The van der Waals surface area contributed by atoms with Crippen LogP contribution in [-0.2, 0) is 0 Å². The number of hydrogen-bond donors (Lipinski definition) is 0. The highest BCUT2D eigenvalue weighted by atomic mass is 16.3. The average Bonchev–Trinajstić information content (AvgIpc) is 3.17. The lowest BCUT2D eigenvalue weighted by atomic mass is 10.2. The fourth-order valence-electron chi connectivity index (χ4n) is 1.80. The summed E-state index contributed by atoms with van der Waals surface area (Å²) < 4.78 is 6.33. The average molecular weight is 264 g/mol. The summed E-state index contributed by atoms with van der Waals surface area (Å²) in [5, 5.41) is 4.20. The molecule has 4 nitrogen and oxygen atoms in total. The maximum Gasteiger partial charge on any atom is 0.313 e. The summed E-state index contributed by atoms with van der Waals surface area (Å²) in [6.07, 6.45) is 6.90. The molecule has 0 bridgehead atoms. The molecule has 1 aromatic carbocycles. The molecule has 0 saturated carbocycles. The Balaban J connectivity index is 1.77. The number of carbonyl (C=O) groups is 1. The van der Waals surface area contributed by atoms with E-state index in [0.29, 0.717) is 5.69 Å². The highest BCUT2D eigenvalue weighted by molar-refractivity contribution is 5.92. The van der Waals surface area contributed by atoms with Crippen LogP contribution in [-0.4, -0.2) is 15.7 Å². The van der Waals surface area contributed by atoms with Crippen LogP contribution in [0, 0.1) is 0 Å². The lowest BCUT2D eigenvalue weighted by Crippen LogP contribution is -2.11. The van der Waals surface area contributed by atoms with E-state index in [9.17, 15) is 4.79 Å². The Labute approximate surface area is 116 Å². The maximum atomic E-state index is 12.0. The molecule has 3 aromatic rings. The summed E-state index contributed by atoms with van der Waals surface area (Å²) in [6, 6.07) is 15.0. The third-order valence-corrected chi connectivity index (χ3v) is 2.80. The number of hydrogen-bond acceptors (Lipinski definition) is 3. The zero-order valence-electron chi connectivity index (χ0n) is 10.6. The minimum absolute atomic E-state index is 0.270. The van der Waals surface area contributed by atoms with Crippen molar-refractivity contribution in [3.63, 3.8) is 0 Å². The summed E-state index contributed by atoms with van der Waals surface area (Å²) in [5.74, 6) is -0.0129. The molecule has 0 N–H and O–H groups in total. The Kier molecular flexibility index (Phi) is 3.29. The van der Waals surface area contributed by atoms with Crippen molar-refractivity contribution >= 4 is 18.1 Å². The van der Waals surface area contributed by atoms with Gasteiger partial charge in [0.05, 0.1) is 12.0 Å². The van der Waals surface area contributed by atoms with Gasteiger partial charge in [0, 0.05) is 6.20 Å². The molecule has 0 aliphatic carbocycles. The number of nitrogens with zero attached hydrogens (tertiary/aromatic N) is 2. The van der Waals surface area contributed by atoms with Crippen molar-refractivity contribution < 1.29 is 9.21 Å². The second kappa shape index (κ2) is 5.40. The van der Waals surface area contributed by atoms with Crippen molar-refractivity contribution in [2.75, 3.05) is 0 Å². The van der Waals surface area contributed by atoms with E-state index in [4.69, 9.17) is 4.42 Å². The van der Waals surface area contributed by atoms with Crippen LogP contribution in [0.2, 0.25) is 0 Å². The zero-order valence-corrected chi connectivity index (χ0v) is 10.6. The summed E-state index contributed by atoms with van der Waals surface area (Å²) in [7, 11) is 0. The molecular formula is C16H12N2O2. The first-order chi connectivity index (χ1) is 9.83. The molecule has 0 aliphatic rings. The summed E-state index contributed by atoms with van der Waals surface area (Å²) in [4.78, 5) is 12.0. The molecule has 4 heteroatoms. The van der Waals surface area contributed by atoms with Gasteiger partial charge in [-0.05, 0) is 29.8 Å². The van der Waals surface area contributed by atoms with E-state index in [1.807, 2.05) is 42.5 Å². The molecule has 3 rings (SSSR count). The Hall–Kier alpha value is -2.88. The normalized spacial score (nSPS) is 11.0. The highest BCUT2D eigenvalue weighted by Crippen LogP contribution is 2.08. The molecule has 20 heavy (non-hydrogen) atoms. The largest absolute Gasteiger partial charge is 0.459 e. The number of rotatable bonds is 3. The maximum absolute atomic E-state index is 12.0.